The van der Waals surface area contributed by atoms with Gasteiger partial charge in [-0.3, -0.25) is 9.69 Å². The SMILES string of the molecule is CCN(C(=O)c1cc(F)ccc1Oc1nncnc1N1CCC2(C1)CN(C(CCCCOC(N)=O)C(C)C)C2)C(C)C. The molecule has 2 saturated heterocycles. The van der Waals surface area contributed by atoms with Crippen molar-refractivity contribution >= 4 is 17.8 Å². The Morgan fingerprint density at radius 3 is 2.60 bits per heavy atom. The lowest BCUT2D eigenvalue weighted by atomic mass is 9.76. The van der Waals surface area contributed by atoms with Crippen molar-refractivity contribution in [1.29, 1.82) is 0 Å². The monoisotopic (exact) mass is 585 g/mol. The van der Waals surface area contributed by atoms with Gasteiger partial charge in [0.2, 0.25) is 0 Å². The van der Waals surface area contributed by atoms with Crippen LogP contribution in [-0.4, -0.2) is 88.4 Å². The molecule has 2 aliphatic rings. The minimum Gasteiger partial charge on any atom is -0.450 e. The van der Waals surface area contributed by atoms with E-state index in [1.807, 2.05) is 20.8 Å². The number of halogens is 1. The quantitative estimate of drug-likeness (QED) is 0.339. The normalized spacial score (nSPS) is 17.0. The van der Waals surface area contributed by atoms with E-state index < -0.39 is 11.9 Å². The van der Waals surface area contributed by atoms with Crippen LogP contribution in [0.1, 0.15) is 70.7 Å². The topological polar surface area (TPSA) is 127 Å². The van der Waals surface area contributed by atoms with E-state index in [0.29, 0.717) is 30.9 Å². The molecule has 42 heavy (non-hydrogen) atoms. The molecule has 1 aromatic carbocycles. The van der Waals surface area contributed by atoms with Crippen LogP contribution in [0.3, 0.4) is 0 Å². The molecule has 1 atom stereocenters. The molecule has 2 N–H and O–H groups in total. The lowest BCUT2D eigenvalue weighted by molar-refractivity contribution is -0.0343. The van der Waals surface area contributed by atoms with Gasteiger partial charge >= 0.3 is 6.09 Å². The molecule has 12 heteroatoms. The first-order chi connectivity index (χ1) is 20.0. The number of nitrogens with two attached hydrogens (primary N) is 1. The summed E-state index contributed by atoms with van der Waals surface area (Å²) in [5.74, 6) is 0.656. The van der Waals surface area contributed by atoms with E-state index in [-0.39, 0.29) is 34.6 Å². The first-order valence-electron chi connectivity index (χ1n) is 14.9. The first-order valence-corrected chi connectivity index (χ1v) is 14.9. The molecule has 230 valence electrons. The minimum atomic E-state index is -0.723. The molecule has 2 aromatic rings. The van der Waals surface area contributed by atoms with Crippen molar-refractivity contribution in [2.45, 2.75) is 72.4 Å². The Morgan fingerprint density at radius 2 is 1.93 bits per heavy atom. The molecule has 2 aliphatic heterocycles. The zero-order valence-electron chi connectivity index (χ0n) is 25.4. The molecular formula is C30H44FN7O4. The molecule has 3 heterocycles. The fourth-order valence-electron chi connectivity index (χ4n) is 6.29. The van der Waals surface area contributed by atoms with Crippen LogP contribution in [0.4, 0.5) is 15.0 Å². The number of hydrogen-bond donors (Lipinski definition) is 1. The van der Waals surface area contributed by atoms with Crippen molar-refractivity contribution in [2.24, 2.45) is 17.1 Å². The average molecular weight is 586 g/mol. The molecule has 1 spiro atoms. The molecular weight excluding hydrogens is 541 g/mol. The average Bonchev–Trinajstić information content (AvgIpc) is 3.37. The van der Waals surface area contributed by atoms with Crippen molar-refractivity contribution in [3.05, 3.63) is 35.9 Å². The number of carbonyl (C=O) groups is 2. The molecule has 0 aliphatic carbocycles. The zero-order chi connectivity index (χ0) is 30.4. The maximum Gasteiger partial charge on any atom is 0.404 e. The van der Waals surface area contributed by atoms with Crippen LogP contribution >= 0.6 is 0 Å². The molecule has 4 rings (SSSR count). The Bertz CT molecular complexity index is 1240. The number of primary amides is 1. The van der Waals surface area contributed by atoms with Crippen LogP contribution < -0.4 is 15.4 Å². The molecule has 0 saturated carbocycles. The number of ether oxygens (including phenoxy) is 2. The number of benzene rings is 1. The van der Waals surface area contributed by atoms with E-state index in [1.165, 1.54) is 24.5 Å². The van der Waals surface area contributed by atoms with Gasteiger partial charge in [0.1, 0.15) is 17.9 Å². The number of hydrogen-bond acceptors (Lipinski definition) is 9. The molecule has 0 radical (unpaired) electrons. The number of anilines is 1. The summed E-state index contributed by atoms with van der Waals surface area (Å²) in [6, 6.07) is 4.33. The Balaban J connectivity index is 1.43. The summed E-state index contributed by atoms with van der Waals surface area (Å²) >= 11 is 0. The highest BCUT2D eigenvalue weighted by Crippen LogP contribution is 2.44. The zero-order valence-corrected chi connectivity index (χ0v) is 25.4. The van der Waals surface area contributed by atoms with Gasteiger partial charge in [-0.25, -0.2) is 14.2 Å². The number of aromatic nitrogens is 3. The van der Waals surface area contributed by atoms with Crippen LogP contribution in [0.2, 0.25) is 0 Å². The van der Waals surface area contributed by atoms with Crippen molar-refractivity contribution < 1.29 is 23.5 Å². The summed E-state index contributed by atoms with van der Waals surface area (Å²) in [6.07, 6.45) is 4.51. The van der Waals surface area contributed by atoms with Crippen molar-refractivity contribution in [1.82, 2.24) is 25.0 Å². The largest absolute Gasteiger partial charge is 0.450 e. The number of amides is 2. The summed E-state index contributed by atoms with van der Waals surface area (Å²) in [7, 11) is 0. The minimum absolute atomic E-state index is 0.0543. The van der Waals surface area contributed by atoms with Gasteiger partial charge in [0.05, 0.1) is 12.2 Å². The highest BCUT2D eigenvalue weighted by atomic mass is 19.1. The third-order valence-corrected chi connectivity index (χ3v) is 8.37. The molecule has 11 nitrogen and oxygen atoms in total. The van der Waals surface area contributed by atoms with E-state index in [1.54, 1.807) is 4.90 Å². The lowest BCUT2D eigenvalue weighted by Crippen LogP contribution is -2.61. The van der Waals surface area contributed by atoms with Crippen LogP contribution in [0, 0.1) is 17.2 Å². The fraction of sp³-hybridized carbons (Fsp3) is 0.633. The van der Waals surface area contributed by atoms with Gasteiger partial charge in [0.15, 0.2) is 5.82 Å². The summed E-state index contributed by atoms with van der Waals surface area (Å²) < 4.78 is 25.3. The fourth-order valence-corrected chi connectivity index (χ4v) is 6.29. The van der Waals surface area contributed by atoms with Crippen LogP contribution in [-0.2, 0) is 4.74 Å². The van der Waals surface area contributed by atoms with E-state index in [0.717, 1.165) is 51.9 Å². The Hall–Kier alpha value is -3.54. The molecule has 2 amide bonds. The number of nitrogens with zero attached hydrogens (tertiary/aromatic N) is 6. The van der Waals surface area contributed by atoms with Crippen molar-refractivity contribution in [3.63, 3.8) is 0 Å². The molecule has 2 fully saturated rings. The van der Waals surface area contributed by atoms with Gasteiger partial charge in [-0.15, -0.1) is 10.2 Å². The molecule has 1 unspecified atom stereocenters. The third kappa shape index (κ3) is 7.26. The third-order valence-electron chi connectivity index (χ3n) is 8.37. The number of carbonyl (C=O) groups excluding carboxylic acids is 2. The van der Waals surface area contributed by atoms with Gasteiger partial charge < -0.3 is 25.0 Å². The van der Waals surface area contributed by atoms with Gasteiger partial charge in [-0.2, -0.15) is 0 Å². The lowest BCUT2D eigenvalue weighted by Gasteiger charge is -2.53. The van der Waals surface area contributed by atoms with E-state index in [2.05, 4.69) is 38.8 Å². The van der Waals surface area contributed by atoms with Gasteiger partial charge in [0.25, 0.3) is 11.8 Å². The van der Waals surface area contributed by atoms with Crippen LogP contribution in [0.15, 0.2) is 24.5 Å². The molecule has 1 aromatic heterocycles. The summed E-state index contributed by atoms with van der Waals surface area (Å²) in [4.78, 5) is 35.0. The highest BCUT2D eigenvalue weighted by Gasteiger charge is 2.50. The Labute approximate surface area is 247 Å². The van der Waals surface area contributed by atoms with E-state index in [9.17, 15) is 14.0 Å². The summed E-state index contributed by atoms with van der Waals surface area (Å²) in [6.45, 7) is 14.7. The Morgan fingerprint density at radius 1 is 1.17 bits per heavy atom. The standard InChI is InChI=1S/C30H44FN7O4/c1-6-38(21(4)5)28(39)23-15-22(31)10-11-25(23)42-27-26(33-19-34-35-27)36-13-12-30(16-36)17-37(18-30)24(20(2)3)9-7-8-14-41-29(32)40/h10-11,15,19-21,24H,6-9,12-14,16-18H2,1-5H3,(H2,32,40). The maximum absolute atomic E-state index is 14.2. The summed E-state index contributed by atoms with van der Waals surface area (Å²) in [5, 5.41) is 8.15. The van der Waals surface area contributed by atoms with Gasteiger partial charge in [-0.1, -0.05) is 13.8 Å². The van der Waals surface area contributed by atoms with Crippen molar-refractivity contribution in [2.75, 3.05) is 44.2 Å². The van der Waals surface area contributed by atoms with Crippen molar-refractivity contribution in [3.8, 4) is 11.6 Å². The second-order valence-corrected chi connectivity index (χ2v) is 12.1. The molecule has 0 bridgehead atoms. The first kappa shape index (κ1) is 31.4. The highest BCUT2D eigenvalue weighted by molar-refractivity contribution is 5.97. The number of likely N-dealkylation sites (tertiary alicyclic amines) is 1. The van der Waals surface area contributed by atoms with Gasteiger partial charge in [-0.05, 0) is 70.6 Å². The predicted molar refractivity (Wildman–Crippen MR) is 157 cm³/mol. The maximum atomic E-state index is 14.2. The number of unbranched alkanes of at least 4 members (excludes halogenated alkanes) is 1. The second-order valence-electron chi connectivity index (χ2n) is 12.1. The second kappa shape index (κ2) is 13.6. The van der Waals surface area contributed by atoms with Gasteiger partial charge in [0, 0.05) is 50.2 Å². The van der Waals surface area contributed by atoms with Crippen LogP contribution in [0.5, 0.6) is 11.6 Å². The predicted octanol–water partition coefficient (Wildman–Crippen LogP) is 4.48. The Kier molecular flexibility index (Phi) is 10.2. The number of rotatable bonds is 13. The van der Waals surface area contributed by atoms with E-state index in [4.69, 9.17) is 15.2 Å². The van der Waals surface area contributed by atoms with Crippen LogP contribution in [0.25, 0.3) is 0 Å². The van der Waals surface area contributed by atoms with E-state index >= 15 is 0 Å². The smallest absolute Gasteiger partial charge is 0.404 e. The summed E-state index contributed by atoms with van der Waals surface area (Å²) in [5.41, 5.74) is 5.34.